The molecule has 9 aromatic heterocycles. The van der Waals surface area contributed by atoms with E-state index in [0.717, 1.165) is 92.6 Å². The number of fused-ring (bicyclic) bond motifs is 3. The number of pyridine rings is 6. The summed E-state index contributed by atoms with van der Waals surface area (Å²) < 4.78 is 21.4. The van der Waals surface area contributed by atoms with Gasteiger partial charge in [0.05, 0.1) is 68.0 Å². The molecule has 9 heterocycles. The molecule has 0 aliphatic rings. The van der Waals surface area contributed by atoms with Crippen molar-refractivity contribution in [3.8, 4) is 11.1 Å². The maximum Gasteiger partial charge on any atom is 0.488 e. The van der Waals surface area contributed by atoms with Gasteiger partial charge in [0, 0.05) is 82.6 Å². The Labute approximate surface area is 597 Å². The van der Waals surface area contributed by atoms with Gasteiger partial charge >= 0.3 is 13.1 Å². The first-order valence-corrected chi connectivity index (χ1v) is 33.7. The molecule has 0 amide bonds. The molecule has 0 saturated carbocycles. The number of ether oxygens (including phenoxy) is 2. The van der Waals surface area contributed by atoms with E-state index in [1.54, 1.807) is 96.3 Å². The monoisotopic (exact) mass is 1680 g/mol. The number of esters is 1. The smallest absolute Gasteiger partial charge is 0.464 e. The van der Waals surface area contributed by atoms with Crippen LogP contribution in [0.3, 0.4) is 0 Å². The number of Topliss-reactive ketones (excluding diaryl/α,β-unsaturated/α-hetero) is 1. The second-order valence-electron chi connectivity index (χ2n) is 20.4. The van der Waals surface area contributed by atoms with Gasteiger partial charge in [-0.3, -0.25) is 29.5 Å². The Morgan fingerprint density at radius 3 is 1.74 bits per heavy atom. The second-order valence-corrected chi connectivity index (χ2v) is 27.7. The number of ketones is 1. The fraction of sp³-hybridized carbons (Fsp3) is 0.222. The minimum absolute atomic E-state index is 0.0127. The summed E-state index contributed by atoms with van der Waals surface area (Å²) in [4.78, 5) is 54.0. The van der Waals surface area contributed by atoms with Crippen LogP contribution in [0.15, 0.2) is 172 Å². The summed E-state index contributed by atoms with van der Waals surface area (Å²) in [5, 5.41) is 46.6. The number of nitrogens with two attached hydrogens (primary N) is 1. The summed E-state index contributed by atoms with van der Waals surface area (Å²) in [7, 11) is -1.45. The van der Waals surface area contributed by atoms with Crippen molar-refractivity contribution in [2.24, 2.45) is 10.9 Å². The number of nitrogens with zero attached hydrogens (tertiary/aromatic N) is 12. The molecule has 30 heteroatoms. The molecule has 0 aliphatic heterocycles. The molecule has 486 valence electrons. The molecular weight excluding hydrogens is 1620 g/mol. The highest BCUT2D eigenvalue weighted by atomic mass is 79.9. The third-order valence-electron chi connectivity index (χ3n) is 12.1. The summed E-state index contributed by atoms with van der Waals surface area (Å²) in [6, 6.07) is 31.0. The lowest BCUT2D eigenvalue weighted by Gasteiger charge is -2.29. The summed E-state index contributed by atoms with van der Waals surface area (Å²) in [5.74, 6) is 4.67. The first kappa shape index (κ1) is 77.2. The number of aliphatic hydroxyl groups is 1. The van der Waals surface area contributed by atoms with Crippen LogP contribution in [0.2, 0.25) is 5.02 Å². The summed E-state index contributed by atoms with van der Waals surface area (Å²) in [6.45, 7) is 18.6. The average molecular weight is 1690 g/mol. The maximum absolute atomic E-state index is 13.0. The van der Waals surface area contributed by atoms with Crippen molar-refractivity contribution in [1.82, 2.24) is 54.6 Å². The molecule has 5 N–H and O–H groups in total. The van der Waals surface area contributed by atoms with Gasteiger partial charge in [0.25, 0.3) is 0 Å². The number of hydrazone groups is 1. The van der Waals surface area contributed by atoms with Crippen molar-refractivity contribution in [3.05, 3.63) is 217 Å². The van der Waals surface area contributed by atoms with Gasteiger partial charge in [0.1, 0.15) is 11.4 Å². The number of hydrogen-bond donors (Lipinski definition) is 4. The van der Waals surface area contributed by atoms with Gasteiger partial charge in [-0.05, 0) is 186 Å². The standard InChI is InChI=1S/C22H23BrClNO3S.C7H8BN3O2.C7H6BrN3.C7H8BrN3.C7H8BrNO.C7H6BrNO.C6H4BrNO/c1-6-27-20(26)18(28-22(3,4)5)16-12(2)11-15-19(29-21(23)25-15)17(16)13-7-9-14(24)10-8-13;1-5-7-4-6(8(12)13)2-3-11(7)10-9-5;1-5-7-4-6(8)2-3-11(7)10-9-5;1-5(11-9)7-4-6(8)2-3-10-7;2*1-5(10)7-4-6(8)2-3-9-7;7-5-1-2-8-6(3-5)4-9/h7-11,18H,6H2,1-5H3;2-4,12-13H,1H3;2-4H,1H3;2-4H,9H2,1H3;2-5,10H,1H3;2-4H,1H3;1-4H/b;;;11-5-;;;/t18-;;;;;;/m0....../s1. The number of aromatic nitrogens is 11. The van der Waals surface area contributed by atoms with E-state index in [1.165, 1.54) is 18.3 Å². The quantitative estimate of drug-likeness (QED) is 0.0188. The van der Waals surface area contributed by atoms with Crippen LogP contribution in [-0.2, 0) is 14.3 Å². The molecule has 2 aromatic carbocycles. The number of rotatable bonds is 10. The van der Waals surface area contributed by atoms with Crippen molar-refractivity contribution in [2.75, 3.05) is 6.61 Å². The molecule has 93 heavy (non-hydrogen) atoms. The zero-order chi connectivity index (χ0) is 68.7. The van der Waals surface area contributed by atoms with Gasteiger partial charge in [-0.1, -0.05) is 114 Å². The number of carbonyl (C=O) groups is 3. The lowest BCUT2D eigenvalue weighted by molar-refractivity contribution is -0.166. The molecule has 0 fully saturated rings. The summed E-state index contributed by atoms with van der Waals surface area (Å²) >= 11 is 27.6. The average Bonchev–Trinajstić information content (AvgIpc) is 1.74. The number of thiazole rings is 1. The number of hydrogen-bond acceptors (Lipinski definition) is 20. The van der Waals surface area contributed by atoms with Gasteiger partial charge in [0.2, 0.25) is 0 Å². The van der Waals surface area contributed by atoms with Crippen LogP contribution in [0.25, 0.3) is 32.4 Å². The number of aldehydes is 1. The largest absolute Gasteiger partial charge is 0.488 e. The Morgan fingerprint density at radius 1 is 0.731 bits per heavy atom. The molecule has 11 rings (SSSR count). The van der Waals surface area contributed by atoms with E-state index >= 15 is 0 Å². The minimum Gasteiger partial charge on any atom is -0.464 e. The summed E-state index contributed by atoms with van der Waals surface area (Å²) in [6.07, 6.45) is 9.42. The van der Waals surface area contributed by atoms with Crippen molar-refractivity contribution in [3.63, 3.8) is 0 Å². The first-order chi connectivity index (χ1) is 44.0. The highest BCUT2D eigenvalue weighted by Crippen LogP contribution is 2.44. The second kappa shape index (κ2) is 37.6. The van der Waals surface area contributed by atoms with E-state index in [1.807, 2.05) is 115 Å². The predicted octanol–water partition coefficient (Wildman–Crippen LogP) is 14.8. The van der Waals surface area contributed by atoms with E-state index in [2.05, 4.69) is 146 Å². The Kier molecular flexibility index (Phi) is 31.2. The first-order valence-electron chi connectivity index (χ1n) is 27.7. The molecule has 11 aromatic rings. The molecule has 0 radical (unpaired) electrons. The van der Waals surface area contributed by atoms with Crippen molar-refractivity contribution < 1.29 is 39.0 Å². The molecule has 2 atom stereocenters. The van der Waals surface area contributed by atoms with E-state index < -0.39 is 30.9 Å². The zero-order valence-corrected chi connectivity index (χ0v) is 62.8. The summed E-state index contributed by atoms with van der Waals surface area (Å²) in [5.41, 5.74) is 11.0. The molecule has 1 unspecified atom stereocenters. The molecule has 0 aliphatic carbocycles. The molecular formula is C63H63BBr6ClN13O8S. The molecule has 0 saturated heterocycles. The Balaban J connectivity index is 0.000000208. The number of aryl methyl sites for hydroxylation is 3. The molecule has 21 nitrogen and oxygen atoms in total. The number of aliphatic hydroxyl groups excluding tert-OH is 1. The lowest BCUT2D eigenvalue weighted by Crippen LogP contribution is -2.29. The van der Waals surface area contributed by atoms with Crippen LogP contribution in [0.4, 0.5) is 0 Å². The Bertz CT molecular complexity index is 4330. The Hall–Kier alpha value is -6.48. The highest BCUT2D eigenvalue weighted by molar-refractivity contribution is 9.11. The van der Waals surface area contributed by atoms with Gasteiger partial charge in [-0.25, -0.2) is 18.8 Å². The van der Waals surface area contributed by atoms with Crippen molar-refractivity contribution in [1.29, 1.82) is 0 Å². The van der Waals surface area contributed by atoms with Crippen LogP contribution in [-0.4, -0.2) is 113 Å². The topological polar surface area (TPSA) is 294 Å². The number of carbonyl (C=O) groups excluding carboxylic acids is 3. The van der Waals surface area contributed by atoms with Crippen molar-refractivity contribution in [2.45, 2.75) is 87.0 Å². The van der Waals surface area contributed by atoms with Crippen LogP contribution in [0.1, 0.15) is 116 Å². The predicted molar refractivity (Wildman–Crippen MR) is 386 cm³/mol. The third kappa shape index (κ3) is 24.7. The highest BCUT2D eigenvalue weighted by Gasteiger charge is 2.33. The normalized spacial score (nSPS) is 11.5. The van der Waals surface area contributed by atoms with Crippen LogP contribution < -0.4 is 11.3 Å². The fourth-order valence-corrected chi connectivity index (χ4v) is 11.2. The van der Waals surface area contributed by atoms with E-state index in [0.29, 0.717) is 33.9 Å². The number of benzene rings is 2. The zero-order valence-electron chi connectivity index (χ0n) is 51.7. The molecule has 0 bridgehead atoms. The Morgan fingerprint density at radius 2 is 1.26 bits per heavy atom. The van der Waals surface area contributed by atoms with E-state index in [4.69, 9.17) is 42.1 Å². The van der Waals surface area contributed by atoms with Gasteiger partial charge in [-0.2, -0.15) is 5.10 Å². The molecule has 0 spiro atoms. The van der Waals surface area contributed by atoms with Gasteiger partial charge < -0.3 is 30.5 Å². The van der Waals surface area contributed by atoms with E-state index in [-0.39, 0.29) is 12.4 Å². The SMILES string of the molecule is C/C(=N/N)c1cc(Br)ccn1.CC(=O)c1cc(Br)ccn1.CC(O)c1cc(Br)ccn1.CCOC(=O)[C@@H](OC(C)(C)C)c1c(C)cc2nc(Br)sc2c1-c1ccc(Cl)cc1.Cc1nnn2ccc(B(O)O)cc12.Cc1nnn2ccc(Br)cc12.O=Cc1cc(Br)ccn1. The van der Waals surface area contributed by atoms with Crippen LogP contribution >= 0.6 is 119 Å². The fourth-order valence-electron chi connectivity index (χ4n) is 7.79. The van der Waals surface area contributed by atoms with Crippen molar-refractivity contribution >= 4 is 176 Å². The van der Waals surface area contributed by atoms with Gasteiger partial charge in [-0.15, -0.1) is 21.5 Å². The van der Waals surface area contributed by atoms with E-state index in [9.17, 15) is 14.4 Å². The minimum atomic E-state index is -1.45. The maximum atomic E-state index is 13.0. The van der Waals surface area contributed by atoms with Gasteiger partial charge in [0.15, 0.2) is 22.1 Å². The van der Waals surface area contributed by atoms with Crippen LogP contribution in [0, 0.1) is 20.8 Å². The van der Waals surface area contributed by atoms with Crippen LogP contribution in [0.5, 0.6) is 0 Å². The third-order valence-corrected chi connectivity index (χ3v) is 16.4. The lowest BCUT2D eigenvalue weighted by atomic mass is 9.81. The number of halogens is 7.